The van der Waals surface area contributed by atoms with Crippen molar-refractivity contribution in [1.82, 2.24) is 0 Å². The van der Waals surface area contributed by atoms with E-state index in [-0.39, 0.29) is 24.4 Å². The number of esters is 1. The van der Waals surface area contributed by atoms with Gasteiger partial charge in [0, 0.05) is 24.1 Å². The van der Waals surface area contributed by atoms with Crippen molar-refractivity contribution in [2.24, 2.45) is 11.8 Å². The van der Waals surface area contributed by atoms with E-state index in [4.69, 9.17) is 9.47 Å². The third kappa shape index (κ3) is 2.64. The molecule has 0 aromatic heterocycles. The summed E-state index contributed by atoms with van der Waals surface area (Å²) in [4.78, 5) is 39.8. The molecule has 0 aliphatic carbocycles. The smallest absolute Gasteiger partial charge is 0.302 e. The fraction of sp³-hybridized carbons (Fsp3) is 0.417. The molecule has 0 unspecified atom stereocenters. The Morgan fingerprint density at radius 1 is 1.16 bits per heavy atom. The first-order valence-electron chi connectivity index (χ1n) is 10.4. The lowest BCUT2D eigenvalue weighted by Crippen LogP contribution is -2.43. The molecule has 3 aliphatic heterocycles. The van der Waals surface area contributed by atoms with Crippen LogP contribution in [0, 0.1) is 23.2 Å². The fourth-order valence-corrected chi connectivity index (χ4v) is 5.79. The normalized spacial score (nSPS) is 31.2. The summed E-state index contributed by atoms with van der Waals surface area (Å²) in [6.45, 7) is 3.39. The van der Waals surface area contributed by atoms with E-state index >= 15 is 0 Å². The molecule has 2 aromatic rings. The van der Waals surface area contributed by atoms with Crippen LogP contribution >= 0.6 is 0 Å². The molecule has 2 bridgehead atoms. The highest BCUT2D eigenvalue weighted by atomic mass is 16.6. The second kappa shape index (κ2) is 6.63. The highest BCUT2D eigenvalue weighted by molar-refractivity contribution is 6.26. The van der Waals surface area contributed by atoms with Crippen molar-refractivity contribution < 1.29 is 23.9 Å². The summed E-state index contributed by atoms with van der Waals surface area (Å²) in [5.74, 6) is -2.10. The van der Waals surface area contributed by atoms with E-state index in [1.54, 1.807) is 12.1 Å². The Bertz CT molecular complexity index is 1180. The Labute approximate surface area is 179 Å². The Morgan fingerprint density at radius 2 is 1.87 bits per heavy atom. The number of benzene rings is 2. The second-order valence-corrected chi connectivity index (χ2v) is 8.83. The highest BCUT2D eigenvalue weighted by Crippen LogP contribution is 2.62. The molecular formula is C24H22N2O5. The number of fused-ring (bicyclic) bond motifs is 6. The first kappa shape index (κ1) is 19.7. The van der Waals surface area contributed by atoms with E-state index in [0.29, 0.717) is 41.3 Å². The molecule has 0 saturated carbocycles. The van der Waals surface area contributed by atoms with Gasteiger partial charge in [-0.1, -0.05) is 24.3 Å². The molecule has 0 radical (unpaired) electrons. The third-order valence-electron chi connectivity index (χ3n) is 7.10. The van der Waals surface area contributed by atoms with Crippen molar-refractivity contribution in [3.05, 3.63) is 42.0 Å². The standard InChI is InChI=1S/C24H22N2O5/c1-14(27)30-12-11-24-10-9-23(2,31-24)19-20(24)22(29)26(21(19)28)18-8-7-15(13-25)16-5-3-4-6-17(16)18/h3-8,19-20H,9-12H2,1-2H3/t19-,20+,23-,24-/m1/s1. The molecule has 158 valence electrons. The van der Waals surface area contributed by atoms with Crippen LogP contribution in [-0.4, -0.2) is 35.6 Å². The molecule has 0 N–H and O–H groups in total. The maximum atomic E-state index is 13.7. The minimum Gasteiger partial charge on any atom is -0.466 e. The molecule has 5 rings (SSSR count). The predicted octanol–water partition coefficient (Wildman–Crippen LogP) is 3.09. The van der Waals surface area contributed by atoms with Crippen molar-refractivity contribution in [1.29, 1.82) is 5.26 Å². The Morgan fingerprint density at radius 3 is 2.58 bits per heavy atom. The van der Waals surface area contributed by atoms with E-state index in [9.17, 15) is 19.6 Å². The first-order chi connectivity index (χ1) is 14.8. The van der Waals surface area contributed by atoms with E-state index in [2.05, 4.69) is 6.07 Å². The molecule has 7 heteroatoms. The zero-order valence-electron chi connectivity index (χ0n) is 17.4. The minimum absolute atomic E-state index is 0.149. The molecule has 3 fully saturated rings. The minimum atomic E-state index is -0.807. The summed E-state index contributed by atoms with van der Waals surface area (Å²) in [5, 5.41) is 10.8. The zero-order chi connectivity index (χ0) is 22.0. The Balaban J connectivity index is 1.57. The number of anilines is 1. The van der Waals surface area contributed by atoms with E-state index in [0.717, 1.165) is 0 Å². The quantitative estimate of drug-likeness (QED) is 0.559. The predicted molar refractivity (Wildman–Crippen MR) is 111 cm³/mol. The zero-order valence-corrected chi connectivity index (χ0v) is 17.4. The summed E-state index contributed by atoms with van der Waals surface area (Å²) in [5.41, 5.74) is -0.534. The van der Waals surface area contributed by atoms with Crippen LogP contribution in [0.4, 0.5) is 5.69 Å². The van der Waals surface area contributed by atoms with Gasteiger partial charge in [-0.15, -0.1) is 0 Å². The number of rotatable bonds is 4. The maximum Gasteiger partial charge on any atom is 0.302 e. The second-order valence-electron chi connectivity index (χ2n) is 8.83. The third-order valence-corrected chi connectivity index (χ3v) is 7.10. The van der Waals surface area contributed by atoms with Crippen molar-refractivity contribution in [2.45, 2.75) is 44.3 Å². The summed E-state index contributed by atoms with van der Waals surface area (Å²) < 4.78 is 11.5. The highest BCUT2D eigenvalue weighted by Gasteiger charge is 2.73. The largest absolute Gasteiger partial charge is 0.466 e. The summed E-state index contributed by atoms with van der Waals surface area (Å²) >= 11 is 0. The molecular weight excluding hydrogens is 396 g/mol. The number of hydrogen-bond acceptors (Lipinski definition) is 6. The Kier molecular flexibility index (Phi) is 4.21. The lowest BCUT2D eigenvalue weighted by Gasteiger charge is -2.30. The number of ether oxygens (including phenoxy) is 2. The molecule has 3 saturated heterocycles. The van der Waals surface area contributed by atoms with Crippen LogP contribution in [0.3, 0.4) is 0 Å². The van der Waals surface area contributed by atoms with Gasteiger partial charge in [0.15, 0.2) is 0 Å². The monoisotopic (exact) mass is 418 g/mol. The van der Waals surface area contributed by atoms with Crippen molar-refractivity contribution in [3.63, 3.8) is 0 Å². The summed E-state index contributed by atoms with van der Waals surface area (Å²) in [7, 11) is 0. The van der Waals surface area contributed by atoms with Gasteiger partial charge in [-0.2, -0.15) is 5.26 Å². The lowest BCUT2D eigenvalue weighted by molar-refractivity contribution is -0.144. The number of imide groups is 1. The molecule has 3 aliphatic rings. The van der Waals surface area contributed by atoms with Crippen molar-refractivity contribution in [3.8, 4) is 6.07 Å². The van der Waals surface area contributed by atoms with Gasteiger partial charge in [-0.05, 0) is 31.9 Å². The van der Waals surface area contributed by atoms with Crippen LogP contribution < -0.4 is 4.90 Å². The van der Waals surface area contributed by atoms with Crippen LogP contribution in [0.1, 0.15) is 38.7 Å². The SMILES string of the molecule is CC(=O)OCC[C@@]12CC[C@@](C)(O1)[C@H]1C(=O)N(c3ccc(C#N)c4ccccc34)C(=O)[C@H]12. The van der Waals surface area contributed by atoms with Crippen LogP contribution in [0.2, 0.25) is 0 Å². The number of hydrogen-bond donors (Lipinski definition) is 0. The number of nitriles is 1. The summed E-state index contributed by atoms with van der Waals surface area (Å²) in [6, 6.07) is 12.8. The topological polar surface area (TPSA) is 96.7 Å². The summed E-state index contributed by atoms with van der Waals surface area (Å²) in [6.07, 6.45) is 1.70. The van der Waals surface area contributed by atoms with Crippen LogP contribution in [-0.2, 0) is 23.9 Å². The average Bonchev–Trinajstić information content (AvgIpc) is 3.32. The molecule has 31 heavy (non-hydrogen) atoms. The number of carbonyl (C=O) groups excluding carboxylic acids is 3. The molecule has 0 spiro atoms. The number of nitrogens with zero attached hydrogens (tertiary/aromatic N) is 2. The van der Waals surface area contributed by atoms with Crippen LogP contribution in [0.5, 0.6) is 0 Å². The maximum absolute atomic E-state index is 13.7. The van der Waals surface area contributed by atoms with Gasteiger partial charge < -0.3 is 9.47 Å². The van der Waals surface area contributed by atoms with Gasteiger partial charge in [0.25, 0.3) is 0 Å². The first-order valence-corrected chi connectivity index (χ1v) is 10.4. The van der Waals surface area contributed by atoms with Gasteiger partial charge in [-0.3, -0.25) is 14.4 Å². The van der Waals surface area contributed by atoms with E-state index < -0.39 is 23.0 Å². The van der Waals surface area contributed by atoms with E-state index in [1.165, 1.54) is 11.8 Å². The fourth-order valence-electron chi connectivity index (χ4n) is 5.79. The molecule has 7 nitrogen and oxygen atoms in total. The number of amides is 2. The number of carbonyl (C=O) groups is 3. The molecule has 2 amide bonds. The Hall–Kier alpha value is -3.24. The van der Waals surface area contributed by atoms with Gasteiger partial charge in [0.2, 0.25) is 11.8 Å². The van der Waals surface area contributed by atoms with Crippen LogP contribution in [0.15, 0.2) is 36.4 Å². The molecule has 3 heterocycles. The van der Waals surface area contributed by atoms with Crippen molar-refractivity contribution in [2.75, 3.05) is 11.5 Å². The van der Waals surface area contributed by atoms with Gasteiger partial charge in [0.1, 0.15) is 0 Å². The van der Waals surface area contributed by atoms with Gasteiger partial charge >= 0.3 is 5.97 Å². The lowest BCUT2D eigenvalue weighted by atomic mass is 9.67. The van der Waals surface area contributed by atoms with Gasteiger partial charge in [-0.25, -0.2) is 4.90 Å². The molecule has 4 atom stereocenters. The molecule has 2 aromatic carbocycles. The van der Waals surface area contributed by atoms with Crippen LogP contribution in [0.25, 0.3) is 10.8 Å². The van der Waals surface area contributed by atoms with Gasteiger partial charge in [0.05, 0.1) is 47.0 Å². The average molecular weight is 418 g/mol. The van der Waals surface area contributed by atoms with Crippen molar-refractivity contribution >= 4 is 34.2 Å². The van der Waals surface area contributed by atoms with E-state index in [1.807, 2.05) is 31.2 Å².